The summed E-state index contributed by atoms with van der Waals surface area (Å²) in [5, 5.41) is 13.5. The quantitative estimate of drug-likeness (QED) is 0.811. The number of rotatable bonds is 4. The molecule has 25 heavy (non-hydrogen) atoms. The van der Waals surface area contributed by atoms with Crippen LogP contribution in [0.5, 0.6) is 11.5 Å². The minimum Gasteiger partial charge on any atom is -0.486 e. The number of benzene rings is 2. The molecule has 6 heteroatoms. The lowest BCUT2D eigenvalue weighted by atomic mass is 10.0. The first-order valence-corrected chi connectivity index (χ1v) is 9.10. The summed E-state index contributed by atoms with van der Waals surface area (Å²) in [6, 6.07) is 10.8. The zero-order valence-electron chi connectivity index (χ0n) is 13.5. The first kappa shape index (κ1) is 16.4. The molecule has 1 aliphatic carbocycles. The number of halogens is 1. The number of amides is 1. The van der Waals surface area contributed by atoms with E-state index in [0.717, 1.165) is 12.8 Å². The van der Waals surface area contributed by atoms with Crippen molar-refractivity contribution in [2.24, 2.45) is 5.92 Å². The van der Waals surface area contributed by atoms with Gasteiger partial charge in [0.2, 0.25) is 0 Å². The van der Waals surface area contributed by atoms with Crippen molar-refractivity contribution in [3.05, 3.63) is 52.0 Å². The van der Waals surface area contributed by atoms with Crippen LogP contribution in [0, 0.1) is 5.92 Å². The molecule has 0 unspecified atom stereocenters. The lowest BCUT2D eigenvalue weighted by Gasteiger charge is -2.23. The Balaban J connectivity index is 1.69. The SMILES string of the molecule is O=C(Nc1cc2c(cc1[C@H](O)C1CC1)OCCO2)c1ccccc1Br. The Morgan fingerprint density at radius 1 is 1.16 bits per heavy atom. The molecule has 0 aromatic heterocycles. The highest BCUT2D eigenvalue weighted by molar-refractivity contribution is 9.10. The van der Waals surface area contributed by atoms with Crippen molar-refractivity contribution in [3.8, 4) is 11.5 Å². The number of nitrogens with one attached hydrogen (secondary N) is 1. The molecule has 1 heterocycles. The highest BCUT2D eigenvalue weighted by atomic mass is 79.9. The van der Waals surface area contributed by atoms with Gasteiger partial charge in [0, 0.05) is 16.1 Å². The summed E-state index contributed by atoms with van der Waals surface area (Å²) < 4.78 is 12.0. The van der Waals surface area contributed by atoms with Crippen molar-refractivity contribution in [1.82, 2.24) is 0 Å². The van der Waals surface area contributed by atoms with Gasteiger partial charge < -0.3 is 19.9 Å². The van der Waals surface area contributed by atoms with E-state index in [1.807, 2.05) is 18.2 Å². The number of aliphatic hydroxyl groups is 1. The Kier molecular flexibility index (Phi) is 4.39. The van der Waals surface area contributed by atoms with Gasteiger partial charge in [-0.2, -0.15) is 0 Å². The Hall–Kier alpha value is -2.05. The third-order valence-corrected chi connectivity index (χ3v) is 5.16. The van der Waals surface area contributed by atoms with Gasteiger partial charge in [-0.15, -0.1) is 0 Å². The highest BCUT2D eigenvalue weighted by Crippen LogP contribution is 2.46. The Labute approximate surface area is 154 Å². The number of hydrogen-bond acceptors (Lipinski definition) is 4. The van der Waals surface area contributed by atoms with E-state index in [9.17, 15) is 9.90 Å². The maximum absolute atomic E-state index is 12.7. The van der Waals surface area contributed by atoms with Crippen LogP contribution in [0.1, 0.15) is 34.9 Å². The molecular weight excluding hydrogens is 386 g/mol. The molecule has 2 aromatic carbocycles. The third-order valence-electron chi connectivity index (χ3n) is 4.47. The molecule has 130 valence electrons. The van der Waals surface area contributed by atoms with E-state index >= 15 is 0 Å². The van der Waals surface area contributed by atoms with Gasteiger partial charge >= 0.3 is 0 Å². The topological polar surface area (TPSA) is 67.8 Å². The molecule has 4 rings (SSSR count). The van der Waals surface area contributed by atoms with Crippen LogP contribution in [-0.2, 0) is 0 Å². The van der Waals surface area contributed by atoms with Crippen LogP contribution in [0.4, 0.5) is 5.69 Å². The number of carbonyl (C=O) groups excluding carboxylic acids is 1. The van der Waals surface area contributed by atoms with Crippen molar-refractivity contribution in [3.63, 3.8) is 0 Å². The highest BCUT2D eigenvalue weighted by Gasteiger charge is 2.33. The summed E-state index contributed by atoms with van der Waals surface area (Å²) in [6.45, 7) is 0.948. The molecule has 5 nitrogen and oxygen atoms in total. The van der Waals surface area contributed by atoms with E-state index in [4.69, 9.17) is 9.47 Å². The fraction of sp³-hybridized carbons (Fsp3) is 0.316. The van der Waals surface area contributed by atoms with Crippen molar-refractivity contribution in [1.29, 1.82) is 0 Å². The molecule has 0 radical (unpaired) electrons. The lowest BCUT2D eigenvalue weighted by Crippen LogP contribution is -2.19. The summed E-state index contributed by atoms with van der Waals surface area (Å²) in [5.74, 6) is 1.19. The summed E-state index contributed by atoms with van der Waals surface area (Å²) in [7, 11) is 0. The number of hydrogen-bond donors (Lipinski definition) is 2. The predicted molar refractivity (Wildman–Crippen MR) is 97.2 cm³/mol. The standard InChI is InChI=1S/C19H18BrNO4/c20-14-4-2-1-3-12(14)19(23)21-15-10-17-16(24-7-8-25-17)9-13(15)18(22)11-5-6-11/h1-4,9-11,18,22H,5-8H2,(H,21,23)/t18-/m1/s1. The van der Waals surface area contributed by atoms with Crippen LogP contribution in [-0.4, -0.2) is 24.2 Å². The Morgan fingerprint density at radius 2 is 1.84 bits per heavy atom. The summed E-state index contributed by atoms with van der Waals surface area (Å²) in [4.78, 5) is 12.7. The largest absolute Gasteiger partial charge is 0.486 e. The second-order valence-corrected chi connectivity index (χ2v) is 7.15. The molecule has 2 aliphatic rings. The molecule has 0 bridgehead atoms. The van der Waals surface area contributed by atoms with Crippen LogP contribution >= 0.6 is 15.9 Å². The monoisotopic (exact) mass is 403 g/mol. The van der Waals surface area contributed by atoms with Gasteiger partial charge in [0.1, 0.15) is 13.2 Å². The fourth-order valence-electron chi connectivity index (χ4n) is 2.96. The van der Waals surface area contributed by atoms with Crippen LogP contribution in [0.2, 0.25) is 0 Å². The zero-order valence-corrected chi connectivity index (χ0v) is 15.1. The van der Waals surface area contributed by atoms with Crippen LogP contribution in [0.3, 0.4) is 0 Å². The van der Waals surface area contributed by atoms with Crippen molar-refractivity contribution in [2.75, 3.05) is 18.5 Å². The molecule has 0 spiro atoms. The average Bonchev–Trinajstić information content (AvgIpc) is 3.46. The van der Waals surface area contributed by atoms with E-state index in [-0.39, 0.29) is 11.8 Å². The molecule has 1 saturated carbocycles. The van der Waals surface area contributed by atoms with E-state index in [1.54, 1.807) is 18.2 Å². The molecule has 1 fully saturated rings. The minimum atomic E-state index is -0.620. The first-order valence-electron chi connectivity index (χ1n) is 8.31. The van der Waals surface area contributed by atoms with E-state index in [2.05, 4.69) is 21.2 Å². The first-order chi connectivity index (χ1) is 12.1. The lowest BCUT2D eigenvalue weighted by molar-refractivity contribution is 0.102. The van der Waals surface area contributed by atoms with Crippen molar-refractivity contribution in [2.45, 2.75) is 18.9 Å². The number of ether oxygens (including phenoxy) is 2. The Morgan fingerprint density at radius 3 is 2.52 bits per heavy atom. The second kappa shape index (κ2) is 6.69. The van der Waals surface area contributed by atoms with E-state index in [0.29, 0.717) is 46.0 Å². The van der Waals surface area contributed by atoms with Gasteiger partial charge in [0.05, 0.1) is 17.4 Å². The summed E-state index contributed by atoms with van der Waals surface area (Å²) in [5.41, 5.74) is 1.76. The van der Waals surface area contributed by atoms with E-state index in [1.165, 1.54) is 0 Å². The number of anilines is 1. The molecule has 0 saturated heterocycles. The van der Waals surface area contributed by atoms with Gasteiger partial charge in [0.25, 0.3) is 5.91 Å². The number of aliphatic hydroxyl groups excluding tert-OH is 1. The summed E-state index contributed by atoms with van der Waals surface area (Å²) in [6.07, 6.45) is 1.37. The Bertz CT molecular complexity index is 819. The molecule has 1 aliphatic heterocycles. The van der Waals surface area contributed by atoms with Crippen molar-refractivity contribution < 1.29 is 19.4 Å². The van der Waals surface area contributed by atoms with Crippen LogP contribution < -0.4 is 14.8 Å². The molecule has 2 aromatic rings. The van der Waals surface area contributed by atoms with Gasteiger partial charge in [-0.25, -0.2) is 0 Å². The zero-order chi connectivity index (χ0) is 17.4. The second-order valence-electron chi connectivity index (χ2n) is 6.30. The van der Waals surface area contributed by atoms with Gasteiger partial charge in [-0.05, 0) is 52.9 Å². The van der Waals surface area contributed by atoms with Gasteiger partial charge in [-0.3, -0.25) is 4.79 Å². The van der Waals surface area contributed by atoms with Crippen LogP contribution in [0.15, 0.2) is 40.9 Å². The molecular formula is C19H18BrNO4. The molecule has 1 atom stereocenters. The minimum absolute atomic E-state index is 0.238. The molecule has 2 N–H and O–H groups in total. The molecule has 1 amide bonds. The fourth-order valence-corrected chi connectivity index (χ4v) is 3.42. The maximum Gasteiger partial charge on any atom is 0.256 e. The number of fused-ring (bicyclic) bond motifs is 1. The van der Waals surface area contributed by atoms with Gasteiger partial charge in [-0.1, -0.05) is 12.1 Å². The summed E-state index contributed by atoms with van der Waals surface area (Å²) >= 11 is 3.40. The number of carbonyl (C=O) groups is 1. The predicted octanol–water partition coefficient (Wildman–Crippen LogP) is 3.92. The normalized spacial score (nSPS) is 17.0. The van der Waals surface area contributed by atoms with Crippen LogP contribution in [0.25, 0.3) is 0 Å². The average molecular weight is 404 g/mol. The van der Waals surface area contributed by atoms with Crippen molar-refractivity contribution >= 4 is 27.5 Å². The third kappa shape index (κ3) is 3.37. The van der Waals surface area contributed by atoms with Gasteiger partial charge in [0.15, 0.2) is 11.5 Å². The maximum atomic E-state index is 12.7. The smallest absolute Gasteiger partial charge is 0.256 e. The van der Waals surface area contributed by atoms with E-state index < -0.39 is 6.10 Å².